The number of carbonyl (C=O) groups excluding carboxylic acids is 2. The first-order chi connectivity index (χ1) is 23.4. The fourth-order valence-electron chi connectivity index (χ4n) is 5.24. The second-order valence-electron chi connectivity index (χ2n) is 12.5. The van der Waals surface area contributed by atoms with Crippen molar-refractivity contribution in [3.63, 3.8) is 0 Å². The quantitative estimate of drug-likeness (QED) is 0.0438. The van der Waals surface area contributed by atoms with Crippen LogP contribution in [-0.4, -0.2) is 31.3 Å². The highest BCUT2D eigenvalue weighted by atomic mass is 16.6. The molecule has 0 fully saturated rings. The first kappa shape index (κ1) is 38.5. The summed E-state index contributed by atoms with van der Waals surface area (Å²) in [5, 5.41) is 0. The van der Waals surface area contributed by atoms with Gasteiger partial charge in [-0.25, -0.2) is 9.59 Å². The van der Waals surface area contributed by atoms with E-state index in [4.69, 9.17) is 18.9 Å². The first-order valence-corrected chi connectivity index (χ1v) is 18.1. The van der Waals surface area contributed by atoms with Crippen LogP contribution in [0.3, 0.4) is 0 Å². The fraction of sp³-hybridized carbons (Fsp3) is 0.476. The Labute approximate surface area is 288 Å². The van der Waals surface area contributed by atoms with E-state index in [-0.39, 0.29) is 0 Å². The fourth-order valence-corrected chi connectivity index (χ4v) is 5.24. The summed E-state index contributed by atoms with van der Waals surface area (Å²) in [4.78, 5) is 25.2. The number of benzene rings is 3. The minimum Gasteiger partial charge on any atom is -0.493 e. The Morgan fingerprint density at radius 1 is 0.625 bits per heavy atom. The van der Waals surface area contributed by atoms with Gasteiger partial charge >= 0.3 is 11.9 Å². The summed E-state index contributed by atoms with van der Waals surface area (Å²) in [6.07, 6.45) is 19.2. The minimum absolute atomic E-state index is 0.391. The monoisotopic (exact) mass is 656 g/mol. The molecule has 0 bridgehead atoms. The molecule has 0 amide bonds. The molecule has 0 aromatic heterocycles. The Balaban J connectivity index is 1.39. The van der Waals surface area contributed by atoms with Crippen molar-refractivity contribution in [1.82, 2.24) is 0 Å². The third-order valence-electron chi connectivity index (χ3n) is 8.27. The van der Waals surface area contributed by atoms with Gasteiger partial charge in [-0.1, -0.05) is 121 Å². The second kappa shape index (κ2) is 22.6. The lowest BCUT2D eigenvalue weighted by Gasteiger charge is -2.12. The van der Waals surface area contributed by atoms with Gasteiger partial charge in [0.25, 0.3) is 0 Å². The molecule has 0 saturated heterocycles. The third-order valence-corrected chi connectivity index (χ3v) is 8.27. The van der Waals surface area contributed by atoms with E-state index in [9.17, 15) is 9.59 Å². The summed E-state index contributed by atoms with van der Waals surface area (Å²) < 4.78 is 22.7. The van der Waals surface area contributed by atoms with Crippen LogP contribution >= 0.6 is 0 Å². The molecule has 3 aromatic carbocycles. The van der Waals surface area contributed by atoms with E-state index in [2.05, 4.69) is 13.8 Å². The predicted octanol–water partition coefficient (Wildman–Crippen LogP) is 11.2. The average Bonchev–Trinajstić information content (AvgIpc) is 3.09. The molecule has 0 N–H and O–H groups in total. The van der Waals surface area contributed by atoms with Gasteiger partial charge < -0.3 is 18.9 Å². The van der Waals surface area contributed by atoms with Crippen molar-refractivity contribution in [3.8, 4) is 17.2 Å². The number of rotatable bonds is 23. The van der Waals surface area contributed by atoms with Crippen LogP contribution in [0, 0.1) is 6.92 Å². The topological polar surface area (TPSA) is 71.1 Å². The van der Waals surface area contributed by atoms with Crippen molar-refractivity contribution < 1.29 is 28.5 Å². The predicted molar refractivity (Wildman–Crippen MR) is 196 cm³/mol. The summed E-state index contributed by atoms with van der Waals surface area (Å²) in [6.45, 7) is 9.37. The van der Waals surface area contributed by atoms with E-state index in [1.807, 2.05) is 55.5 Å². The van der Waals surface area contributed by atoms with Crippen LogP contribution in [0.5, 0.6) is 17.2 Å². The van der Waals surface area contributed by atoms with Crippen LogP contribution in [0.25, 0.3) is 12.2 Å². The van der Waals surface area contributed by atoms with E-state index in [0.29, 0.717) is 30.3 Å². The normalized spacial score (nSPS) is 11.8. The Hall–Kier alpha value is -3.90. The molecule has 6 heteroatoms. The minimum atomic E-state index is -0.600. The molecule has 0 aliphatic heterocycles. The van der Waals surface area contributed by atoms with Crippen LogP contribution in [0.1, 0.15) is 131 Å². The molecule has 48 heavy (non-hydrogen) atoms. The molecule has 0 saturated carbocycles. The SMILES string of the molecule is CCCCCCCCCCOc1ccc(C(=O)Oc2ccc(/C=C/c3ccc(OC(=O)C(C)OCCCCCCC)cc3)cc2)cc1C. The molecule has 3 rings (SSSR count). The number of unbranched alkanes of at least 4 members (excludes halogenated alkanes) is 11. The van der Waals surface area contributed by atoms with Crippen LogP contribution in [-0.2, 0) is 9.53 Å². The lowest BCUT2D eigenvalue weighted by atomic mass is 10.1. The van der Waals surface area contributed by atoms with Gasteiger partial charge in [0.05, 0.1) is 12.2 Å². The van der Waals surface area contributed by atoms with Crippen LogP contribution < -0.4 is 14.2 Å². The molecule has 1 unspecified atom stereocenters. The maximum atomic E-state index is 12.8. The number of esters is 2. The number of hydrogen-bond acceptors (Lipinski definition) is 6. The largest absolute Gasteiger partial charge is 0.493 e. The molecule has 0 spiro atoms. The lowest BCUT2D eigenvalue weighted by Crippen LogP contribution is -2.26. The summed E-state index contributed by atoms with van der Waals surface area (Å²) in [5.74, 6) is 0.978. The van der Waals surface area contributed by atoms with Gasteiger partial charge in [-0.05, 0) is 85.8 Å². The van der Waals surface area contributed by atoms with Crippen molar-refractivity contribution >= 4 is 24.1 Å². The molecule has 6 nitrogen and oxygen atoms in total. The number of carbonyl (C=O) groups is 2. The standard InChI is InChI=1S/C42H56O6/c1-5-7-9-11-12-13-15-17-31-46-40-29-24-37(32-33(40)3)42(44)48-39-27-22-36(23-28-39)19-18-35-20-25-38(26-21-35)47-41(43)34(4)45-30-16-14-10-8-6-2/h18-29,32,34H,5-17,30-31H2,1-4H3/b19-18+. The zero-order chi connectivity index (χ0) is 34.4. The molecule has 0 heterocycles. The highest BCUT2D eigenvalue weighted by Gasteiger charge is 2.16. The van der Waals surface area contributed by atoms with Gasteiger partial charge in [-0.3, -0.25) is 0 Å². The lowest BCUT2D eigenvalue weighted by molar-refractivity contribution is -0.146. The van der Waals surface area contributed by atoms with Crippen molar-refractivity contribution in [1.29, 1.82) is 0 Å². The molecule has 3 aromatic rings. The highest BCUT2D eigenvalue weighted by molar-refractivity contribution is 5.91. The summed E-state index contributed by atoms with van der Waals surface area (Å²) in [7, 11) is 0. The van der Waals surface area contributed by atoms with E-state index < -0.39 is 18.0 Å². The van der Waals surface area contributed by atoms with Gasteiger partial charge in [-0.15, -0.1) is 0 Å². The van der Waals surface area contributed by atoms with Gasteiger partial charge in [-0.2, -0.15) is 0 Å². The molecule has 0 aliphatic carbocycles. The molecular formula is C42H56O6. The van der Waals surface area contributed by atoms with Gasteiger partial charge in [0, 0.05) is 6.61 Å². The van der Waals surface area contributed by atoms with E-state index in [1.54, 1.807) is 37.3 Å². The average molecular weight is 657 g/mol. The number of hydrogen-bond donors (Lipinski definition) is 0. The van der Waals surface area contributed by atoms with Gasteiger partial charge in [0.1, 0.15) is 17.2 Å². The second-order valence-corrected chi connectivity index (χ2v) is 12.5. The summed E-state index contributed by atoms with van der Waals surface area (Å²) in [5.41, 5.74) is 3.33. The van der Waals surface area contributed by atoms with E-state index in [0.717, 1.165) is 41.7 Å². The Morgan fingerprint density at radius 2 is 1.12 bits per heavy atom. The molecule has 260 valence electrons. The van der Waals surface area contributed by atoms with Crippen molar-refractivity contribution in [2.24, 2.45) is 0 Å². The Bertz CT molecular complexity index is 1380. The Kier molecular flexibility index (Phi) is 18.2. The molecular weight excluding hydrogens is 600 g/mol. The number of ether oxygens (including phenoxy) is 4. The van der Waals surface area contributed by atoms with Crippen LogP contribution in [0.2, 0.25) is 0 Å². The third kappa shape index (κ3) is 14.9. The zero-order valence-electron chi connectivity index (χ0n) is 29.6. The van der Waals surface area contributed by atoms with Crippen molar-refractivity contribution in [2.45, 2.75) is 117 Å². The maximum absolute atomic E-state index is 12.8. The van der Waals surface area contributed by atoms with Crippen LogP contribution in [0.4, 0.5) is 0 Å². The van der Waals surface area contributed by atoms with Crippen LogP contribution in [0.15, 0.2) is 66.7 Å². The first-order valence-electron chi connectivity index (χ1n) is 18.1. The highest BCUT2D eigenvalue weighted by Crippen LogP contribution is 2.22. The van der Waals surface area contributed by atoms with Gasteiger partial charge in [0.2, 0.25) is 0 Å². The van der Waals surface area contributed by atoms with E-state index >= 15 is 0 Å². The van der Waals surface area contributed by atoms with E-state index in [1.165, 1.54) is 64.2 Å². The summed E-state index contributed by atoms with van der Waals surface area (Å²) >= 11 is 0. The van der Waals surface area contributed by atoms with Gasteiger partial charge in [0.15, 0.2) is 6.10 Å². The van der Waals surface area contributed by atoms with Crippen molar-refractivity contribution in [2.75, 3.05) is 13.2 Å². The number of aryl methyl sites for hydroxylation is 1. The Morgan fingerprint density at radius 3 is 1.67 bits per heavy atom. The smallest absolute Gasteiger partial charge is 0.343 e. The van der Waals surface area contributed by atoms with Crippen molar-refractivity contribution in [3.05, 3.63) is 89.0 Å². The molecule has 0 radical (unpaired) electrons. The summed E-state index contributed by atoms with van der Waals surface area (Å²) in [6, 6.07) is 20.1. The zero-order valence-corrected chi connectivity index (χ0v) is 29.6. The molecule has 1 atom stereocenters. The molecule has 0 aliphatic rings. The maximum Gasteiger partial charge on any atom is 0.343 e.